The van der Waals surface area contributed by atoms with Crippen LogP contribution < -0.4 is 10.1 Å². The van der Waals surface area contributed by atoms with E-state index in [4.69, 9.17) is 9.84 Å². The standard InChI is InChI=1S/C16H21NO4/c1-10(2)14(21-13-6-4-3-5-7-13)15(18)17-12-8-11(9-12)16(19)20/h3-7,10-12,14H,8-9H2,1-2H3,(H,17,18)(H,19,20). The quantitative estimate of drug-likeness (QED) is 0.841. The molecule has 1 saturated carbocycles. The molecular formula is C16H21NO4. The first kappa shape index (κ1) is 15.4. The van der Waals surface area contributed by atoms with Gasteiger partial charge in [-0.05, 0) is 30.9 Å². The van der Waals surface area contributed by atoms with Gasteiger partial charge in [0, 0.05) is 6.04 Å². The SMILES string of the molecule is CC(C)C(Oc1ccccc1)C(=O)NC1CC(C(=O)O)C1. The maximum atomic E-state index is 12.3. The second-order valence-corrected chi connectivity index (χ2v) is 5.81. The molecule has 0 bridgehead atoms. The first-order chi connectivity index (χ1) is 9.97. The Bertz CT molecular complexity index is 494. The molecule has 1 aliphatic rings. The number of aliphatic carboxylic acids is 1. The van der Waals surface area contributed by atoms with Crippen molar-refractivity contribution in [1.29, 1.82) is 0 Å². The lowest BCUT2D eigenvalue weighted by atomic mass is 9.80. The zero-order chi connectivity index (χ0) is 15.4. The van der Waals surface area contributed by atoms with E-state index < -0.39 is 12.1 Å². The summed E-state index contributed by atoms with van der Waals surface area (Å²) in [7, 11) is 0. The summed E-state index contributed by atoms with van der Waals surface area (Å²) in [6.07, 6.45) is 0.422. The van der Waals surface area contributed by atoms with E-state index in [2.05, 4.69) is 5.32 Å². The number of para-hydroxylation sites is 1. The number of carbonyl (C=O) groups excluding carboxylic acids is 1. The van der Waals surface area contributed by atoms with E-state index in [0.717, 1.165) is 0 Å². The van der Waals surface area contributed by atoms with Crippen molar-refractivity contribution < 1.29 is 19.4 Å². The van der Waals surface area contributed by atoms with Crippen LogP contribution in [0.25, 0.3) is 0 Å². The van der Waals surface area contributed by atoms with Gasteiger partial charge in [-0.25, -0.2) is 0 Å². The van der Waals surface area contributed by atoms with Gasteiger partial charge < -0.3 is 15.2 Å². The maximum absolute atomic E-state index is 12.3. The zero-order valence-electron chi connectivity index (χ0n) is 12.3. The highest BCUT2D eigenvalue weighted by Gasteiger charge is 2.37. The minimum absolute atomic E-state index is 0.0283. The summed E-state index contributed by atoms with van der Waals surface area (Å²) < 4.78 is 5.75. The molecule has 1 fully saturated rings. The average Bonchev–Trinajstić information content (AvgIpc) is 2.39. The van der Waals surface area contributed by atoms with Crippen molar-refractivity contribution in [3.8, 4) is 5.75 Å². The molecule has 2 rings (SSSR count). The van der Waals surface area contributed by atoms with E-state index >= 15 is 0 Å². The summed E-state index contributed by atoms with van der Waals surface area (Å²) >= 11 is 0. The minimum atomic E-state index is -0.790. The summed E-state index contributed by atoms with van der Waals surface area (Å²) in [4.78, 5) is 23.0. The van der Waals surface area contributed by atoms with Crippen LogP contribution in [0, 0.1) is 11.8 Å². The van der Waals surface area contributed by atoms with Gasteiger partial charge in [-0.1, -0.05) is 32.0 Å². The van der Waals surface area contributed by atoms with Crippen LogP contribution in [-0.2, 0) is 9.59 Å². The molecule has 2 N–H and O–H groups in total. The zero-order valence-corrected chi connectivity index (χ0v) is 12.3. The third-order valence-corrected chi connectivity index (χ3v) is 3.70. The molecule has 1 aromatic carbocycles. The van der Waals surface area contributed by atoms with Gasteiger partial charge in [-0.2, -0.15) is 0 Å². The molecule has 1 aromatic rings. The Morgan fingerprint density at radius 1 is 1.24 bits per heavy atom. The normalized spacial score (nSPS) is 22.2. The monoisotopic (exact) mass is 291 g/mol. The number of carboxylic acids is 1. The summed E-state index contributed by atoms with van der Waals surface area (Å²) in [6.45, 7) is 3.85. The Balaban J connectivity index is 1.90. The third-order valence-electron chi connectivity index (χ3n) is 3.70. The molecule has 1 atom stereocenters. The van der Waals surface area contributed by atoms with Gasteiger partial charge in [-0.3, -0.25) is 9.59 Å². The Morgan fingerprint density at radius 3 is 2.38 bits per heavy atom. The van der Waals surface area contributed by atoms with Crippen molar-refractivity contribution in [1.82, 2.24) is 5.32 Å². The van der Waals surface area contributed by atoms with Gasteiger partial charge >= 0.3 is 5.97 Å². The highest BCUT2D eigenvalue weighted by atomic mass is 16.5. The third kappa shape index (κ3) is 3.97. The minimum Gasteiger partial charge on any atom is -0.481 e. The first-order valence-corrected chi connectivity index (χ1v) is 7.22. The molecule has 0 spiro atoms. The van der Waals surface area contributed by atoms with Gasteiger partial charge in [0.05, 0.1) is 5.92 Å². The van der Waals surface area contributed by atoms with Gasteiger partial charge in [0.25, 0.3) is 5.91 Å². The molecule has 1 amide bonds. The average molecular weight is 291 g/mol. The molecule has 0 saturated heterocycles. The molecule has 5 nitrogen and oxygen atoms in total. The lowest BCUT2D eigenvalue weighted by Crippen LogP contribution is -2.51. The number of hydrogen-bond donors (Lipinski definition) is 2. The summed E-state index contributed by atoms with van der Waals surface area (Å²) in [5.41, 5.74) is 0. The molecule has 0 aromatic heterocycles. The number of hydrogen-bond acceptors (Lipinski definition) is 3. The number of nitrogens with one attached hydrogen (secondary N) is 1. The van der Waals surface area contributed by atoms with Crippen LogP contribution in [0.2, 0.25) is 0 Å². The highest BCUT2D eigenvalue weighted by Crippen LogP contribution is 2.28. The fourth-order valence-corrected chi connectivity index (χ4v) is 2.36. The second-order valence-electron chi connectivity index (χ2n) is 5.81. The number of carbonyl (C=O) groups is 2. The van der Waals surface area contributed by atoms with Crippen LogP contribution in [0.3, 0.4) is 0 Å². The van der Waals surface area contributed by atoms with E-state index in [9.17, 15) is 9.59 Å². The lowest BCUT2D eigenvalue weighted by molar-refractivity contribution is -0.146. The number of ether oxygens (including phenoxy) is 1. The summed E-state index contributed by atoms with van der Waals surface area (Å²) in [5, 5.41) is 11.7. The van der Waals surface area contributed by atoms with Crippen molar-refractivity contribution in [2.45, 2.75) is 38.8 Å². The smallest absolute Gasteiger partial charge is 0.306 e. The second kappa shape index (κ2) is 6.61. The van der Waals surface area contributed by atoms with Crippen molar-refractivity contribution in [2.24, 2.45) is 11.8 Å². The van der Waals surface area contributed by atoms with Crippen LogP contribution in [0.15, 0.2) is 30.3 Å². The number of amides is 1. The van der Waals surface area contributed by atoms with Crippen LogP contribution in [0.1, 0.15) is 26.7 Å². The summed E-state index contributed by atoms with van der Waals surface area (Å²) in [5.74, 6) is -0.615. The Morgan fingerprint density at radius 2 is 1.86 bits per heavy atom. The van der Waals surface area contributed by atoms with Gasteiger partial charge in [0.15, 0.2) is 6.10 Å². The molecule has 5 heteroatoms. The first-order valence-electron chi connectivity index (χ1n) is 7.22. The van der Waals surface area contributed by atoms with Crippen molar-refractivity contribution in [3.63, 3.8) is 0 Å². The highest BCUT2D eigenvalue weighted by molar-refractivity contribution is 5.82. The maximum Gasteiger partial charge on any atom is 0.306 e. The summed E-state index contributed by atoms with van der Waals surface area (Å²) in [6, 6.07) is 9.16. The van der Waals surface area contributed by atoms with Gasteiger partial charge in [-0.15, -0.1) is 0 Å². The van der Waals surface area contributed by atoms with Gasteiger partial charge in [0.1, 0.15) is 5.75 Å². The predicted molar refractivity (Wildman–Crippen MR) is 78.0 cm³/mol. The molecule has 0 aliphatic heterocycles. The van der Waals surface area contributed by atoms with Crippen LogP contribution in [0.5, 0.6) is 5.75 Å². The predicted octanol–water partition coefficient (Wildman–Crippen LogP) is 2.07. The van der Waals surface area contributed by atoms with Crippen LogP contribution in [0.4, 0.5) is 0 Å². The van der Waals surface area contributed by atoms with Crippen molar-refractivity contribution in [2.75, 3.05) is 0 Å². The fraction of sp³-hybridized carbons (Fsp3) is 0.500. The van der Waals surface area contributed by atoms with E-state index in [1.54, 1.807) is 0 Å². The number of carboxylic acid groups (broad SMARTS) is 1. The Hall–Kier alpha value is -2.04. The largest absolute Gasteiger partial charge is 0.481 e. The molecule has 0 heterocycles. The van der Waals surface area contributed by atoms with E-state index in [0.29, 0.717) is 18.6 Å². The van der Waals surface area contributed by atoms with Crippen LogP contribution in [-0.4, -0.2) is 29.1 Å². The lowest BCUT2D eigenvalue weighted by Gasteiger charge is -2.34. The molecule has 1 unspecified atom stereocenters. The van der Waals surface area contributed by atoms with E-state index in [1.807, 2.05) is 44.2 Å². The van der Waals surface area contributed by atoms with E-state index in [-0.39, 0.29) is 23.8 Å². The molecule has 21 heavy (non-hydrogen) atoms. The fourth-order valence-electron chi connectivity index (χ4n) is 2.36. The molecular weight excluding hydrogens is 270 g/mol. The molecule has 114 valence electrons. The van der Waals surface area contributed by atoms with Crippen molar-refractivity contribution in [3.05, 3.63) is 30.3 Å². The topological polar surface area (TPSA) is 75.6 Å². The molecule has 1 aliphatic carbocycles. The Kier molecular flexibility index (Phi) is 4.83. The Labute approximate surface area is 124 Å². The molecule has 0 radical (unpaired) electrons. The van der Waals surface area contributed by atoms with E-state index in [1.165, 1.54) is 0 Å². The van der Waals surface area contributed by atoms with Gasteiger partial charge in [0.2, 0.25) is 0 Å². The number of benzene rings is 1. The van der Waals surface area contributed by atoms with Crippen LogP contribution >= 0.6 is 0 Å². The van der Waals surface area contributed by atoms with Crippen molar-refractivity contribution >= 4 is 11.9 Å². The number of rotatable bonds is 6.